The lowest BCUT2D eigenvalue weighted by Gasteiger charge is -2.28. The fourth-order valence-corrected chi connectivity index (χ4v) is 4.76. The van der Waals surface area contributed by atoms with Crippen molar-refractivity contribution in [3.63, 3.8) is 0 Å². The highest BCUT2D eigenvalue weighted by Crippen LogP contribution is 2.23. The number of rotatable bonds is 3. The molecule has 0 aromatic carbocycles. The van der Waals surface area contributed by atoms with E-state index in [4.69, 9.17) is 0 Å². The highest BCUT2D eigenvalue weighted by molar-refractivity contribution is 7.11. The predicted molar refractivity (Wildman–Crippen MR) is 94.3 cm³/mol. The number of amides is 2. The summed E-state index contributed by atoms with van der Waals surface area (Å²) in [5, 5.41) is 1.98. The second-order valence-electron chi connectivity index (χ2n) is 5.52. The third-order valence-corrected chi connectivity index (χ3v) is 6.04. The average molecular weight is 363 g/mol. The Morgan fingerprint density at radius 3 is 2.75 bits per heavy atom. The van der Waals surface area contributed by atoms with E-state index in [1.165, 1.54) is 16.0 Å². The smallest absolute Gasteiger partial charge is 0.299 e. The second kappa shape index (κ2) is 5.75. The molecule has 4 heterocycles. The molecule has 0 aliphatic carbocycles. The molecule has 2 unspecified atom stereocenters. The average Bonchev–Trinajstić information content (AvgIpc) is 3.24. The SMILES string of the molecule is CCN1C(=O)N(CC)C2Nn3c(s/c(=C\c4cccs4)c3=O)=NC21. The molecule has 0 spiro atoms. The maximum atomic E-state index is 12.7. The molecule has 24 heavy (non-hydrogen) atoms. The molecule has 1 saturated heterocycles. The van der Waals surface area contributed by atoms with Crippen LogP contribution in [0.1, 0.15) is 18.7 Å². The van der Waals surface area contributed by atoms with Gasteiger partial charge in [0.05, 0.1) is 4.53 Å². The zero-order chi connectivity index (χ0) is 16.8. The molecule has 2 aromatic heterocycles. The zero-order valence-corrected chi connectivity index (χ0v) is 14.9. The van der Waals surface area contributed by atoms with Crippen LogP contribution in [-0.2, 0) is 0 Å². The van der Waals surface area contributed by atoms with Crippen LogP contribution in [0.5, 0.6) is 0 Å². The molecule has 2 aliphatic rings. The maximum Gasteiger partial charge on any atom is 0.323 e. The number of hydrogen-bond donors (Lipinski definition) is 1. The first-order chi connectivity index (χ1) is 11.6. The molecule has 2 atom stereocenters. The zero-order valence-electron chi connectivity index (χ0n) is 13.3. The van der Waals surface area contributed by atoms with Gasteiger partial charge in [0.1, 0.15) is 0 Å². The Hall–Kier alpha value is -2.13. The van der Waals surface area contributed by atoms with Crippen molar-refractivity contribution in [3.05, 3.63) is 42.1 Å². The van der Waals surface area contributed by atoms with Crippen molar-refractivity contribution in [1.29, 1.82) is 0 Å². The number of nitrogens with zero attached hydrogens (tertiary/aromatic N) is 4. The van der Waals surface area contributed by atoms with Gasteiger partial charge in [0.15, 0.2) is 12.3 Å². The van der Waals surface area contributed by atoms with Crippen LogP contribution in [0.4, 0.5) is 4.79 Å². The summed E-state index contributed by atoms with van der Waals surface area (Å²) in [6.07, 6.45) is 1.28. The molecule has 0 radical (unpaired) electrons. The van der Waals surface area contributed by atoms with Crippen LogP contribution < -0.4 is 20.3 Å². The monoisotopic (exact) mass is 363 g/mol. The van der Waals surface area contributed by atoms with Crippen LogP contribution >= 0.6 is 22.7 Å². The number of carbonyl (C=O) groups excluding carboxylic acids is 1. The molecule has 4 rings (SSSR count). The number of nitrogens with one attached hydrogen (secondary N) is 1. The van der Waals surface area contributed by atoms with E-state index in [1.807, 2.05) is 37.4 Å². The van der Waals surface area contributed by atoms with Gasteiger partial charge in [0.2, 0.25) is 4.80 Å². The van der Waals surface area contributed by atoms with E-state index < -0.39 is 0 Å². The van der Waals surface area contributed by atoms with Crippen molar-refractivity contribution in [2.24, 2.45) is 4.99 Å². The fourth-order valence-electron chi connectivity index (χ4n) is 3.08. The van der Waals surface area contributed by atoms with Gasteiger partial charge in [-0.1, -0.05) is 17.4 Å². The molecule has 1 N–H and O–H groups in total. The van der Waals surface area contributed by atoms with Crippen molar-refractivity contribution in [3.8, 4) is 0 Å². The molecule has 9 heteroatoms. The number of thiophene rings is 1. The Morgan fingerprint density at radius 1 is 1.29 bits per heavy atom. The fraction of sp³-hybridized carbons (Fsp3) is 0.400. The highest BCUT2D eigenvalue weighted by Gasteiger charge is 2.46. The third kappa shape index (κ3) is 2.19. The molecule has 126 valence electrons. The molecular formula is C15H17N5O2S2. The van der Waals surface area contributed by atoms with Crippen LogP contribution in [0.3, 0.4) is 0 Å². The topological polar surface area (TPSA) is 69.9 Å². The first-order valence-electron chi connectivity index (χ1n) is 7.82. The highest BCUT2D eigenvalue weighted by atomic mass is 32.1. The van der Waals surface area contributed by atoms with E-state index in [0.29, 0.717) is 22.4 Å². The lowest BCUT2D eigenvalue weighted by molar-refractivity contribution is 0.189. The molecule has 2 aliphatic heterocycles. The number of thiazole rings is 1. The minimum Gasteiger partial charge on any atom is -0.299 e. The first kappa shape index (κ1) is 15.4. The second-order valence-corrected chi connectivity index (χ2v) is 7.51. The largest absolute Gasteiger partial charge is 0.323 e. The van der Waals surface area contributed by atoms with Gasteiger partial charge in [-0.15, -0.1) is 11.3 Å². The molecule has 0 bridgehead atoms. The Labute approximate surface area is 146 Å². The lowest BCUT2D eigenvalue weighted by atomic mass is 10.3. The van der Waals surface area contributed by atoms with Gasteiger partial charge in [0.25, 0.3) is 5.56 Å². The number of urea groups is 1. The molecule has 2 aromatic rings. The van der Waals surface area contributed by atoms with Gasteiger partial charge in [-0.2, -0.15) is 4.68 Å². The summed E-state index contributed by atoms with van der Waals surface area (Å²) in [7, 11) is 0. The van der Waals surface area contributed by atoms with Crippen LogP contribution in [0.15, 0.2) is 27.3 Å². The van der Waals surface area contributed by atoms with E-state index in [-0.39, 0.29) is 23.9 Å². The van der Waals surface area contributed by atoms with Gasteiger partial charge in [-0.3, -0.25) is 20.0 Å². The van der Waals surface area contributed by atoms with Gasteiger partial charge in [-0.05, 0) is 31.4 Å². The summed E-state index contributed by atoms with van der Waals surface area (Å²) in [6, 6.07) is 3.89. The summed E-state index contributed by atoms with van der Waals surface area (Å²) in [4.78, 5) is 34.9. The van der Waals surface area contributed by atoms with E-state index in [2.05, 4.69) is 10.4 Å². The van der Waals surface area contributed by atoms with Crippen LogP contribution in [0.25, 0.3) is 6.08 Å². The van der Waals surface area contributed by atoms with Crippen molar-refractivity contribution < 1.29 is 4.79 Å². The number of fused-ring (bicyclic) bond motifs is 2. The summed E-state index contributed by atoms with van der Waals surface area (Å²) >= 11 is 2.94. The molecule has 7 nitrogen and oxygen atoms in total. The predicted octanol–water partition coefficient (Wildman–Crippen LogP) is 0.406. The quantitative estimate of drug-likeness (QED) is 0.859. The summed E-state index contributed by atoms with van der Waals surface area (Å²) in [5.74, 6) is 0. The van der Waals surface area contributed by atoms with Gasteiger partial charge in [-0.25, -0.2) is 9.79 Å². The minimum atomic E-state index is -0.308. The van der Waals surface area contributed by atoms with E-state index >= 15 is 0 Å². The maximum absolute atomic E-state index is 12.7. The summed E-state index contributed by atoms with van der Waals surface area (Å²) in [5.41, 5.74) is 3.07. The van der Waals surface area contributed by atoms with Gasteiger partial charge < -0.3 is 0 Å². The van der Waals surface area contributed by atoms with Crippen LogP contribution in [0.2, 0.25) is 0 Å². The Morgan fingerprint density at radius 2 is 2.08 bits per heavy atom. The Kier molecular flexibility index (Phi) is 3.69. The third-order valence-electron chi connectivity index (χ3n) is 4.24. The molecule has 2 amide bonds. The Bertz CT molecular complexity index is 946. The number of hydrogen-bond acceptors (Lipinski definition) is 6. The number of likely N-dealkylation sites (N-methyl/N-ethyl adjacent to an activating group) is 2. The van der Waals surface area contributed by atoms with Crippen molar-refractivity contribution in [2.75, 3.05) is 18.5 Å². The Balaban J connectivity index is 1.83. The normalized spacial score (nSPS) is 23.1. The van der Waals surface area contributed by atoms with Gasteiger partial charge >= 0.3 is 6.03 Å². The van der Waals surface area contributed by atoms with E-state index in [9.17, 15) is 9.59 Å². The van der Waals surface area contributed by atoms with E-state index in [0.717, 1.165) is 4.88 Å². The molecule has 0 saturated carbocycles. The standard InChI is InChI=1S/C15H17N5O2S2/c1-3-18-11-12(19(4-2)15(18)22)17-20-13(21)10(24-14(20)16-11)8-9-6-5-7-23-9/h5-8,11-12,17H,3-4H2,1-2H3/b10-8-. The van der Waals surface area contributed by atoms with Crippen molar-refractivity contribution in [2.45, 2.75) is 26.2 Å². The van der Waals surface area contributed by atoms with Gasteiger partial charge in [0, 0.05) is 18.0 Å². The van der Waals surface area contributed by atoms with Crippen molar-refractivity contribution >= 4 is 34.8 Å². The molecular weight excluding hydrogens is 346 g/mol. The van der Waals surface area contributed by atoms with Crippen molar-refractivity contribution in [1.82, 2.24) is 14.5 Å². The van der Waals surface area contributed by atoms with E-state index in [1.54, 1.807) is 21.1 Å². The van der Waals surface area contributed by atoms with Crippen LogP contribution in [-0.4, -0.2) is 45.9 Å². The summed E-state index contributed by atoms with van der Waals surface area (Å²) in [6.45, 7) is 5.03. The van der Waals surface area contributed by atoms with Crippen LogP contribution in [0, 0.1) is 0 Å². The number of aromatic nitrogens is 1. The molecule has 1 fully saturated rings. The first-order valence-corrected chi connectivity index (χ1v) is 9.52. The minimum absolute atomic E-state index is 0.0418. The number of carbonyl (C=O) groups is 1. The lowest BCUT2D eigenvalue weighted by Crippen LogP contribution is -2.55. The summed E-state index contributed by atoms with van der Waals surface area (Å²) < 4.78 is 2.11.